The minimum absolute atomic E-state index is 0.0519. The van der Waals surface area contributed by atoms with Crippen LogP contribution < -0.4 is 5.32 Å². The van der Waals surface area contributed by atoms with E-state index in [1.54, 1.807) is 0 Å². The van der Waals surface area contributed by atoms with Crippen molar-refractivity contribution in [2.24, 2.45) is 17.8 Å². The third-order valence-electron chi connectivity index (χ3n) is 6.24. The van der Waals surface area contributed by atoms with Gasteiger partial charge >= 0.3 is 0 Å². The van der Waals surface area contributed by atoms with Crippen molar-refractivity contribution in [2.45, 2.75) is 58.0 Å². The Kier molecular flexibility index (Phi) is 3.33. The van der Waals surface area contributed by atoms with E-state index in [2.05, 4.69) is 23.7 Å². The molecule has 4 atom stereocenters. The van der Waals surface area contributed by atoms with Crippen LogP contribution >= 0.6 is 0 Å². The Bertz CT molecular complexity index is 602. The van der Waals surface area contributed by atoms with E-state index < -0.39 is 0 Å². The van der Waals surface area contributed by atoms with Gasteiger partial charge in [0.15, 0.2) is 0 Å². The quantitative estimate of drug-likeness (QED) is 0.898. The van der Waals surface area contributed by atoms with Crippen LogP contribution in [-0.2, 0) is 0 Å². The van der Waals surface area contributed by atoms with Gasteiger partial charge in [0.1, 0.15) is 0 Å². The van der Waals surface area contributed by atoms with Gasteiger partial charge in [0.25, 0.3) is 5.91 Å². The normalized spacial score (nSPS) is 33.4. The molecule has 4 heteroatoms. The number of nitrogens with one attached hydrogen (secondary N) is 1. The van der Waals surface area contributed by atoms with Gasteiger partial charge in [-0.1, -0.05) is 0 Å². The van der Waals surface area contributed by atoms with Crippen molar-refractivity contribution in [3.63, 3.8) is 0 Å². The third kappa shape index (κ3) is 2.11. The number of aliphatic hydroxyl groups excluding tert-OH is 1. The Labute approximate surface area is 131 Å². The second-order valence-electron chi connectivity index (χ2n) is 7.56. The van der Waals surface area contributed by atoms with Gasteiger partial charge in [0, 0.05) is 36.0 Å². The van der Waals surface area contributed by atoms with Crippen molar-refractivity contribution >= 4 is 5.91 Å². The van der Waals surface area contributed by atoms with Crippen molar-refractivity contribution in [2.75, 3.05) is 6.61 Å². The third-order valence-corrected chi connectivity index (χ3v) is 6.24. The molecule has 2 bridgehead atoms. The number of aromatic nitrogens is 1. The molecule has 0 aromatic carbocycles. The molecule has 3 aliphatic carbocycles. The van der Waals surface area contributed by atoms with Crippen LogP contribution in [-0.4, -0.2) is 28.2 Å². The molecule has 4 unspecified atom stereocenters. The zero-order valence-corrected chi connectivity index (χ0v) is 13.5. The van der Waals surface area contributed by atoms with E-state index in [9.17, 15) is 9.90 Å². The second-order valence-corrected chi connectivity index (χ2v) is 7.56. The van der Waals surface area contributed by atoms with Crippen LogP contribution in [0.25, 0.3) is 0 Å². The smallest absolute Gasteiger partial charge is 0.253 e. The summed E-state index contributed by atoms with van der Waals surface area (Å²) in [6, 6.07) is 2.80. The van der Waals surface area contributed by atoms with Gasteiger partial charge in [-0.3, -0.25) is 4.79 Å². The van der Waals surface area contributed by atoms with Crippen molar-refractivity contribution in [1.82, 2.24) is 9.88 Å². The molecule has 2 N–H and O–H groups in total. The molecule has 1 aromatic rings. The van der Waals surface area contributed by atoms with E-state index in [1.807, 2.05) is 6.07 Å². The van der Waals surface area contributed by atoms with Crippen LogP contribution in [0.4, 0.5) is 0 Å². The number of rotatable bonds is 4. The number of aliphatic hydroxyl groups is 1. The molecule has 0 saturated heterocycles. The predicted molar refractivity (Wildman–Crippen MR) is 84.8 cm³/mol. The average Bonchev–Trinajstić information content (AvgIpc) is 3.00. The fraction of sp³-hybridized carbons (Fsp3) is 0.722. The Morgan fingerprint density at radius 3 is 2.68 bits per heavy atom. The summed E-state index contributed by atoms with van der Waals surface area (Å²) in [7, 11) is 0. The number of fused-ring (bicyclic) bond motifs is 2. The molecule has 0 spiro atoms. The Balaban J connectivity index is 1.54. The Morgan fingerprint density at radius 2 is 2.00 bits per heavy atom. The van der Waals surface area contributed by atoms with Crippen molar-refractivity contribution < 1.29 is 9.90 Å². The van der Waals surface area contributed by atoms with E-state index in [4.69, 9.17) is 0 Å². The molecule has 1 amide bonds. The van der Waals surface area contributed by atoms with Crippen LogP contribution in [0.2, 0.25) is 0 Å². The number of aryl methyl sites for hydroxylation is 1. The predicted octanol–water partition coefficient (Wildman–Crippen LogP) is 2.58. The fourth-order valence-electron chi connectivity index (χ4n) is 5.03. The first-order chi connectivity index (χ1) is 10.6. The molecule has 0 radical (unpaired) electrons. The van der Waals surface area contributed by atoms with Crippen LogP contribution in [0.15, 0.2) is 6.07 Å². The van der Waals surface area contributed by atoms with Crippen LogP contribution in [0.5, 0.6) is 0 Å². The summed E-state index contributed by atoms with van der Waals surface area (Å²) in [5.74, 6) is 1.49. The van der Waals surface area contributed by atoms with Crippen LogP contribution in [0, 0.1) is 31.6 Å². The standard InChI is InChI=1S/C18H26N2O2/c1-10-7-15(11(2)20(10)14-5-6-14)18(22)19-17-13-4-3-12(8-13)16(17)9-21/h7,12-14,16-17,21H,3-6,8-9H2,1-2H3,(H,19,22). The first-order valence-corrected chi connectivity index (χ1v) is 8.70. The van der Waals surface area contributed by atoms with Crippen molar-refractivity contribution in [3.05, 3.63) is 23.0 Å². The lowest BCUT2D eigenvalue weighted by molar-refractivity contribution is 0.0861. The maximum atomic E-state index is 12.8. The summed E-state index contributed by atoms with van der Waals surface area (Å²) in [6.07, 6.45) is 6.07. The molecule has 4 rings (SSSR count). The van der Waals surface area contributed by atoms with E-state index in [-0.39, 0.29) is 24.5 Å². The van der Waals surface area contributed by atoms with E-state index >= 15 is 0 Å². The molecule has 22 heavy (non-hydrogen) atoms. The summed E-state index contributed by atoms with van der Waals surface area (Å²) in [5.41, 5.74) is 3.11. The molecule has 3 fully saturated rings. The lowest BCUT2D eigenvalue weighted by Gasteiger charge is -2.30. The number of amides is 1. The zero-order valence-electron chi connectivity index (χ0n) is 13.5. The molecular weight excluding hydrogens is 276 g/mol. The molecular formula is C18H26N2O2. The number of hydrogen-bond acceptors (Lipinski definition) is 2. The highest BCUT2D eigenvalue weighted by molar-refractivity contribution is 5.96. The van der Waals surface area contributed by atoms with Gasteiger partial charge < -0.3 is 15.0 Å². The highest BCUT2D eigenvalue weighted by atomic mass is 16.3. The summed E-state index contributed by atoms with van der Waals surface area (Å²) in [6.45, 7) is 4.36. The van der Waals surface area contributed by atoms with Crippen LogP contribution in [0.3, 0.4) is 0 Å². The van der Waals surface area contributed by atoms with Gasteiger partial charge in [0.2, 0.25) is 0 Å². The zero-order chi connectivity index (χ0) is 15.4. The SMILES string of the molecule is Cc1cc(C(=O)NC2C3CCC(C3)C2CO)c(C)n1C1CC1. The van der Waals surface area contributed by atoms with Gasteiger partial charge in [-0.2, -0.15) is 0 Å². The molecule has 4 nitrogen and oxygen atoms in total. The summed E-state index contributed by atoms with van der Waals surface area (Å²) >= 11 is 0. The molecule has 3 aliphatic rings. The minimum atomic E-state index is 0.0519. The minimum Gasteiger partial charge on any atom is -0.396 e. The molecule has 1 heterocycles. The number of carbonyl (C=O) groups excluding carboxylic acids is 1. The van der Waals surface area contributed by atoms with Gasteiger partial charge in [-0.25, -0.2) is 0 Å². The first-order valence-electron chi connectivity index (χ1n) is 8.70. The second kappa shape index (κ2) is 5.12. The first kappa shape index (κ1) is 14.3. The lowest BCUT2D eigenvalue weighted by Crippen LogP contribution is -2.45. The topological polar surface area (TPSA) is 54.3 Å². The highest BCUT2D eigenvalue weighted by Crippen LogP contribution is 2.48. The average molecular weight is 302 g/mol. The number of hydrogen-bond donors (Lipinski definition) is 2. The largest absolute Gasteiger partial charge is 0.396 e. The monoisotopic (exact) mass is 302 g/mol. The van der Waals surface area contributed by atoms with Crippen LogP contribution in [0.1, 0.15) is 59.9 Å². The fourth-order valence-corrected chi connectivity index (χ4v) is 5.03. The van der Waals surface area contributed by atoms with E-state index in [1.165, 1.54) is 37.8 Å². The molecule has 1 aromatic heterocycles. The Morgan fingerprint density at radius 1 is 1.27 bits per heavy atom. The maximum Gasteiger partial charge on any atom is 0.253 e. The Hall–Kier alpha value is -1.29. The molecule has 3 saturated carbocycles. The van der Waals surface area contributed by atoms with Gasteiger partial charge in [0.05, 0.1) is 5.56 Å². The summed E-state index contributed by atoms with van der Waals surface area (Å²) in [5, 5.41) is 12.9. The maximum absolute atomic E-state index is 12.8. The van der Waals surface area contributed by atoms with E-state index in [0.717, 1.165) is 11.3 Å². The van der Waals surface area contributed by atoms with Crippen molar-refractivity contribution in [3.8, 4) is 0 Å². The number of carbonyl (C=O) groups is 1. The lowest BCUT2D eigenvalue weighted by atomic mass is 9.85. The van der Waals surface area contributed by atoms with Crippen molar-refractivity contribution in [1.29, 1.82) is 0 Å². The highest BCUT2D eigenvalue weighted by Gasteiger charge is 2.47. The summed E-state index contributed by atoms with van der Waals surface area (Å²) < 4.78 is 2.32. The number of nitrogens with zero attached hydrogens (tertiary/aromatic N) is 1. The van der Waals surface area contributed by atoms with E-state index in [0.29, 0.717) is 17.9 Å². The molecule has 0 aliphatic heterocycles. The molecule has 120 valence electrons. The summed E-state index contributed by atoms with van der Waals surface area (Å²) in [4.78, 5) is 12.8. The van der Waals surface area contributed by atoms with Gasteiger partial charge in [-0.05, 0) is 63.9 Å². The van der Waals surface area contributed by atoms with Gasteiger partial charge in [-0.15, -0.1) is 0 Å².